The first-order valence-corrected chi connectivity index (χ1v) is 21.6. The minimum Gasteiger partial charge on any atom is -0.457 e. The maximum Gasteiger partial charge on any atom is 0.184 e. The highest BCUT2D eigenvalue weighted by Crippen LogP contribution is 2.43. The normalized spacial score (nSPS) is 12.9. The van der Waals surface area contributed by atoms with Crippen molar-refractivity contribution in [2.45, 2.75) is 0 Å². The Bertz CT molecular complexity index is 3040. The molecule has 4 heterocycles. The van der Waals surface area contributed by atoms with Crippen LogP contribution in [0.25, 0.3) is 38.8 Å². The summed E-state index contributed by atoms with van der Waals surface area (Å²) in [6, 6.07) is 73.5. The molecule has 0 saturated heterocycles. The molecule has 10 aromatic rings. The van der Waals surface area contributed by atoms with Crippen LogP contribution in [0.5, 0.6) is 11.5 Å². The molecule has 0 atom stereocenters. The van der Waals surface area contributed by atoms with Gasteiger partial charge in [-0.15, -0.1) is 0 Å². The number of fused-ring (bicyclic) bond motifs is 6. The van der Waals surface area contributed by atoms with E-state index >= 15 is 0 Å². The van der Waals surface area contributed by atoms with Gasteiger partial charge in [0.1, 0.15) is 17.3 Å². The van der Waals surface area contributed by atoms with Crippen LogP contribution in [-0.4, -0.2) is 22.6 Å². The summed E-state index contributed by atoms with van der Waals surface area (Å²) < 4.78 is 9.20. The van der Waals surface area contributed by atoms with Crippen LogP contribution in [0, 0.1) is 0 Å². The van der Waals surface area contributed by atoms with Crippen molar-refractivity contribution in [2.75, 3.05) is 4.90 Å². The Labute approximate surface area is 337 Å². The molecule has 274 valence electrons. The largest absolute Gasteiger partial charge is 0.457 e. The van der Waals surface area contributed by atoms with Crippen LogP contribution in [0.4, 0.5) is 17.2 Å². The van der Waals surface area contributed by atoms with Crippen LogP contribution >= 0.6 is 0 Å². The Morgan fingerprint density at radius 1 is 0.466 bits per heavy atom. The number of para-hydroxylation sites is 2. The summed E-state index contributed by atoms with van der Waals surface area (Å²) >= 11 is 0. The number of rotatable bonds is 7. The van der Waals surface area contributed by atoms with E-state index in [-0.39, 0.29) is 0 Å². The number of hydrogen-bond donors (Lipinski definition) is 0. The Balaban J connectivity index is 1.25. The van der Waals surface area contributed by atoms with Gasteiger partial charge in [-0.3, -0.25) is 9.88 Å². The second-order valence-electron chi connectivity index (χ2n) is 14.6. The van der Waals surface area contributed by atoms with Crippen molar-refractivity contribution in [1.82, 2.24) is 14.5 Å². The van der Waals surface area contributed by atoms with Crippen molar-refractivity contribution in [3.63, 3.8) is 0 Å². The molecule has 0 spiro atoms. The van der Waals surface area contributed by atoms with Crippen molar-refractivity contribution in [1.29, 1.82) is 0 Å². The Kier molecular flexibility index (Phi) is 8.08. The Morgan fingerprint density at radius 2 is 1.14 bits per heavy atom. The number of ether oxygens (including phenoxy) is 1. The van der Waals surface area contributed by atoms with Gasteiger partial charge in [0.25, 0.3) is 0 Å². The minimum atomic E-state index is -3.13. The number of aromatic nitrogens is 3. The van der Waals surface area contributed by atoms with E-state index in [0.717, 1.165) is 45.6 Å². The SMILES string of the molecule is c1ccc(-n2c3ccccc3c3c4c(ccc32)N(c2ccccn2)c2cc(Oc3cccc(-c5ccccn5)c3)ccc2[Si]4(c2ccccc2)c2ccccc2)cc1. The van der Waals surface area contributed by atoms with Gasteiger partial charge in [-0.2, -0.15) is 0 Å². The van der Waals surface area contributed by atoms with Crippen molar-refractivity contribution in [2.24, 2.45) is 0 Å². The summed E-state index contributed by atoms with van der Waals surface area (Å²) in [5.74, 6) is 2.33. The molecule has 0 saturated carbocycles. The van der Waals surface area contributed by atoms with Gasteiger partial charge >= 0.3 is 0 Å². The quantitative estimate of drug-likeness (QED) is 0.152. The lowest BCUT2D eigenvalue weighted by atomic mass is 10.1. The summed E-state index contributed by atoms with van der Waals surface area (Å²) in [7, 11) is -3.13. The summed E-state index contributed by atoms with van der Waals surface area (Å²) in [4.78, 5) is 12.0. The first-order chi connectivity index (χ1) is 28.8. The highest BCUT2D eigenvalue weighted by Gasteiger charge is 2.50. The average molecular weight is 761 g/mol. The van der Waals surface area contributed by atoms with Crippen molar-refractivity contribution in [3.8, 4) is 28.4 Å². The van der Waals surface area contributed by atoms with Crippen molar-refractivity contribution < 1.29 is 4.74 Å². The molecule has 58 heavy (non-hydrogen) atoms. The van der Waals surface area contributed by atoms with Crippen LogP contribution < -0.4 is 30.4 Å². The third-order valence-electron chi connectivity index (χ3n) is 11.4. The topological polar surface area (TPSA) is 43.2 Å². The third-order valence-corrected chi connectivity index (χ3v) is 16.3. The molecule has 0 radical (unpaired) electrons. The van der Waals surface area contributed by atoms with Gasteiger partial charge in [0.05, 0.1) is 22.4 Å². The molecule has 11 rings (SSSR count). The molecule has 0 bridgehead atoms. The fourth-order valence-corrected chi connectivity index (χ4v) is 14.4. The monoisotopic (exact) mass is 760 g/mol. The fourth-order valence-electron chi connectivity index (χ4n) is 9.08. The molecule has 0 unspecified atom stereocenters. The number of nitrogens with zero attached hydrogens (tertiary/aromatic N) is 4. The highest BCUT2D eigenvalue weighted by atomic mass is 28.3. The van der Waals surface area contributed by atoms with Crippen LogP contribution in [-0.2, 0) is 0 Å². The van der Waals surface area contributed by atoms with Gasteiger partial charge in [0, 0.05) is 46.2 Å². The molecular weight excluding hydrogens is 725 g/mol. The second kappa shape index (κ2) is 13.9. The standard InChI is InChI=1S/C52H36N4OSi/c1-4-18-38(19-5-1)55-45-27-11-10-25-43(45)51-46(55)30-31-47-52(51)58(41-21-6-2-7-22-41,42-23-8-3-9-24-42)49-32-29-40(36-48(49)56(47)50-28-13-15-34-54-50)57-39-20-16-17-37(35-39)44-26-12-14-33-53-44/h1-36H. The van der Waals surface area contributed by atoms with E-state index in [9.17, 15) is 0 Å². The maximum atomic E-state index is 6.78. The molecule has 7 aromatic carbocycles. The van der Waals surface area contributed by atoms with Gasteiger partial charge in [0.15, 0.2) is 8.07 Å². The molecule has 1 aliphatic rings. The van der Waals surface area contributed by atoms with Gasteiger partial charge in [0.2, 0.25) is 0 Å². The Morgan fingerprint density at radius 3 is 1.86 bits per heavy atom. The van der Waals surface area contributed by atoms with E-state index in [4.69, 9.17) is 9.72 Å². The molecule has 5 nitrogen and oxygen atoms in total. The van der Waals surface area contributed by atoms with E-state index < -0.39 is 8.07 Å². The van der Waals surface area contributed by atoms with Crippen LogP contribution in [0.1, 0.15) is 0 Å². The van der Waals surface area contributed by atoms with E-state index in [1.807, 2.05) is 48.8 Å². The predicted molar refractivity (Wildman–Crippen MR) is 240 cm³/mol. The lowest BCUT2D eigenvalue weighted by molar-refractivity contribution is 0.483. The first kappa shape index (κ1) is 33.8. The van der Waals surface area contributed by atoms with Crippen LogP contribution in [0.3, 0.4) is 0 Å². The molecule has 0 fully saturated rings. The van der Waals surface area contributed by atoms with E-state index in [1.165, 1.54) is 42.6 Å². The van der Waals surface area contributed by atoms with E-state index in [2.05, 4.69) is 184 Å². The first-order valence-electron chi connectivity index (χ1n) is 19.6. The number of benzene rings is 7. The zero-order valence-electron chi connectivity index (χ0n) is 31.5. The van der Waals surface area contributed by atoms with Crippen molar-refractivity contribution >= 4 is 67.8 Å². The number of hydrogen-bond acceptors (Lipinski definition) is 4. The van der Waals surface area contributed by atoms with E-state index in [0.29, 0.717) is 0 Å². The van der Waals surface area contributed by atoms with Gasteiger partial charge in [-0.25, -0.2) is 4.98 Å². The third kappa shape index (κ3) is 5.30. The van der Waals surface area contributed by atoms with E-state index in [1.54, 1.807) is 0 Å². The van der Waals surface area contributed by atoms with Gasteiger partial charge in [-0.1, -0.05) is 127 Å². The molecule has 6 heteroatoms. The van der Waals surface area contributed by atoms with Crippen molar-refractivity contribution in [3.05, 3.63) is 219 Å². The maximum absolute atomic E-state index is 6.78. The highest BCUT2D eigenvalue weighted by molar-refractivity contribution is 7.22. The minimum absolute atomic E-state index is 0.743. The molecule has 1 aliphatic heterocycles. The molecule has 0 amide bonds. The summed E-state index contributed by atoms with van der Waals surface area (Å²) in [6.45, 7) is 0. The molecular formula is C52H36N4OSi. The molecule has 0 aliphatic carbocycles. The second-order valence-corrected chi connectivity index (χ2v) is 18.3. The predicted octanol–water partition coefficient (Wildman–Crippen LogP) is 10.2. The Hall–Kier alpha value is -7.54. The number of anilines is 3. The van der Waals surface area contributed by atoms with Gasteiger partial charge in [-0.05, 0) is 93.5 Å². The zero-order valence-corrected chi connectivity index (χ0v) is 32.5. The lowest BCUT2D eigenvalue weighted by Gasteiger charge is -2.45. The molecule has 0 N–H and O–H groups in total. The smallest absolute Gasteiger partial charge is 0.184 e. The average Bonchev–Trinajstić information content (AvgIpc) is 3.64. The lowest BCUT2D eigenvalue weighted by Crippen LogP contribution is -2.77. The number of pyridine rings is 2. The summed E-state index contributed by atoms with van der Waals surface area (Å²) in [5, 5.41) is 7.70. The summed E-state index contributed by atoms with van der Waals surface area (Å²) in [6.07, 6.45) is 3.70. The van der Waals surface area contributed by atoms with Gasteiger partial charge < -0.3 is 9.30 Å². The zero-order chi connectivity index (χ0) is 38.5. The summed E-state index contributed by atoms with van der Waals surface area (Å²) in [5.41, 5.74) is 7.54. The fraction of sp³-hybridized carbons (Fsp3) is 0. The van der Waals surface area contributed by atoms with Crippen LogP contribution in [0.2, 0.25) is 0 Å². The van der Waals surface area contributed by atoms with Crippen LogP contribution in [0.15, 0.2) is 219 Å². The molecule has 3 aromatic heterocycles.